The topological polar surface area (TPSA) is 29.1 Å². The van der Waals surface area contributed by atoms with Crippen LogP contribution < -0.4 is 5.32 Å². The normalized spacial score (nSPS) is 10.5. The van der Waals surface area contributed by atoms with Crippen molar-refractivity contribution < 1.29 is 4.79 Å². The van der Waals surface area contributed by atoms with Crippen LogP contribution in [0.5, 0.6) is 0 Å². The van der Waals surface area contributed by atoms with Crippen LogP contribution in [0, 0.1) is 13.8 Å². The fraction of sp³-hybridized carbons (Fsp3) is 0.278. The first-order valence-corrected chi connectivity index (χ1v) is 9.03. The van der Waals surface area contributed by atoms with Crippen LogP contribution in [0.15, 0.2) is 51.8 Å². The zero-order valence-electron chi connectivity index (χ0n) is 12.9. The molecule has 22 heavy (non-hydrogen) atoms. The summed E-state index contributed by atoms with van der Waals surface area (Å²) >= 11 is 5.17. The Balaban J connectivity index is 1.71. The molecule has 0 aliphatic rings. The molecule has 0 fully saturated rings. The average Bonchev–Trinajstić information content (AvgIpc) is 2.49. The van der Waals surface area contributed by atoms with Crippen LogP contribution in [0.4, 0.5) is 0 Å². The summed E-state index contributed by atoms with van der Waals surface area (Å²) in [6.07, 6.45) is 0.448. The van der Waals surface area contributed by atoms with Gasteiger partial charge in [-0.2, -0.15) is 0 Å². The van der Waals surface area contributed by atoms with Gasteiger partial charge in [-0.25, -0.2) is 0 Å². The molecule has 0 atom stereocenters. The second kappa shape index (κ2) is 8.39. The lowest BCUT2D eigenvalue weighted by molar-refractivity contribution is -0.120. The quantitative estimate of drug-likeness (QED) is 0.592. The maximum absolute atomic E-state index is 11.9. The third-order valence-electron chi connectivity index (χ3n) is 3.44. The van der Waals surface area contributed by atoms with E-state index in [-0.39, 0.29) is 5.91 Å². The van der Waals surface area contributed by atoms with E-state index in [1.807, 2.05) is 18.2 Å². The summed E-state index contributed by atoms with van der Waals surface area (Å²) in [5, 5.41) is 2.98. The van der Waals surface area contributed by atoms with E-state index in [9.17, 15) is 4.79 Å². The molecule has 2 rings (SSSR count). The number of hydrogen-bond acceptors (Lipinski definition) is 2. The fourth-order valence-electron chi connectivity index (χ4n) is 2.05. The van der Waals surface area contributed by atoms with Gasteiger partial charge in [-0.1, -0.05) is 34.1 Å². The van der Waals surface area contributed by atoms with Crippen LogP contribution in [-0.2, 0) is 11.2 Å². The Morgan fingerprint density at radius 3 is 2.50 bits per heavy atom. The van der Waals surface area contributed by atoms with Gasteiger partial charge < -0.3 is 5.32 Å². The number of amides is 1. The van der Waals surface area contributed by atoms with E-state index in [1.165, 1.54) is 16.0 Å². The van der Waals surface area contributed by atoms with Crippen LogP contribution in [0.1, 0.15) is 16.7 Å². The monoisotopic (exact) mass is 377 g/mol. The number of nitrogens with one attached hydrogen (secondary N) is 1. The SMILES string of the molecule is Cc1ccc(CC(=O)NCCSc2ccc(Br)cc2)cc1C. The van der Waals surface area contributed by atoms with Gasteiger partial charge in [0, 0.05) is 21.7 Å². The Bertz CT molecular complexity index is 640. The number of thioether (sulfide) groups is 1. The van der Waals surface area contributed by atoms with E-state index >= 15 is 0 Å². The van der Waals surface area contributed by atoms with Crippen molar-refractivity contribution in [3.63, 3.8) is 0 Å². The lowest BCUT2D eigenvalue weighted by Gasteiger charge is -2.07. The molecule has 4 heteroatoms. The highest BCUT2D eigenvalue weighted by Gasteiger charge is 2.04. The summed E-state index contributed by atoms with van der Waals surface area (Å²) in [6.45, 7) is 4.84. The minimum Gasteiger partial charge on any atom is -0.355 e. The first kappa shape index (κ1) is 17.1. The summed E-state index contributed by atoms with van der Waals surface area (Å²) in [4.78, 5) is 13.2. The number of hydrogen-bond donors (Lipinski definition) is 1. The standard InChI is InChI=1S/C18H20BrNOS/c1-13-3-4-15(11-14(13)2)12-18(21)20-9-10-22-17-7-5-16(19)6-8-17/h3-8,11H,9-10,12H2,1-2H3,(H,20,21). The molecule has 0 spiro atoms. The molecule has 0 aliphatic carbocycles. The molecule has 0 saturated carbocycles. The molecule has 116 valence electrons. The van der Waals surface area contributed by atoms with Gasteiger partial charge in [0.05, 0.1) is 6.42 Å². The highest BCUT2D eigenvalue weighted by atomic mass is 79.9. The van der Waals surface area contributed by atoms with Gasteiger partial charge in [-0.05, 0) is 54.8 Å². The van der Waals surface area contributed by atoms with Gasteiger partial charge in [0.2, 0.25) is 5.91 Å². The molecule has 0 saturated heterocycles. The highest BCUT2D eigenvalue weighted by molar-refractivity contribution is 9.10. The summed E-state index contributed by atoms with van der Waals surface area (Å²) in [6, 6.07) is 14.4. The van der Waals surface area contributed by atoms with Crippen molar-refractivity contribution in [2.75, 3.05) is 12.3 Å². The molecule has 2 nitrogen and oxygen atoms in total. The van der Waals surface area contributed by atoms with E-state index in [4.69, 9.17) is 0 Å². The molecule has 0 aliphatic heterocycles. The van der Waals surface area contributed by atoms with Crippen molar-refractivity contribution in [2.45, 2.75) is 25.2 Å². The summed E-state index contributed by atoms with van der Waals surface area (Å²) in [5.74, 6) is 0.958. The predicted molar refractivity (Wildman–Crippen MR) is 97.5 cm³/mol. The third kappa shape index (κ3) is 5.50. The van der Waals surface area contributed by atoms with Crippen LogP contribution in [0.2, 0.25) is 0 Å². The van der Waals surface area contributed by atoms with Crippen LogP contribution in [0.3, 0.4) is 0 Å². The molecule has 0 heterocycles. The van der Waals surface area contributed by atoms with E-state index in [0.717, 1.165) is 15.8 Å². The number of aryl methyl sites for hydroxylation is 2. The fourth-order valence-corrected chi connectivity index (χ4v) is 3.08. The lowest BCUT2D eigenvalue weighted by atomic mass is 10.0. The Hall–Kier alpha value is -1.26. The van der Waals surface area contributed by atoms with Gasteiger partial charge in [0.25, 0.3) is 0 Å². The first-order valence-electron chi connectivity index (χ1n) is 7.26. The van der Waals surface area contributed by atoms with Gasteiger partial charge >= 0.3 is 0 Å². The van der Waals surface area contributed by atoms with Gasteiger partial charge in [0.15, 0.2) is 0 Å². The second-order valence-electron chi connectivity index (χ2n) is 5.25. The first-order chi connectivity index (χ1) is 10.5. The molecule has 0 unspecified atom stereocenters. The Labute approximate surface area is 144 Å². The number of rotatable bonds is 6. The maximum Gasteiger partial charge on any atom is 0.224 e. The molecule has 1 N–H and O–H groups in total. The lowest BCUT2D eigenvalue weighted by Crippen LogP contribution is -2.27. The third-order valence-corrected chi connectivity index (χ3v) is 4.99. The van der Waals surface area contributed by atoms with Crippen molar-refractivity contribution in [3.05, 3.63) is 63.6 Å². The Morgan fingerprint density at radius 1 is 1.09 bits per heavy atom. The van der Waals surface area contributed by atoms with Crippen molar-refractivity contribution in [3.8, 4) is 0 Å². The van der Waals surface area contributed by atoms with Crippen LogP contribution in [-0.4, -0.2) is 18.2 Å². The molecular formula is C18H20BrNOS. The molecule has 0 aromatic heterocycles. The molecular weight excluding hydrogens is 358 g/mol. The summed E-state index contributed by atoms with van der Waals surface area (Å²) < 4.78 is 1.08. The number of halogens is 1. The zero-order valence-corrected chi connectivity index (χ0v) is 15.3. The van der Waals surface area contributed by atoms with Gasteiger partial charge in [0.1, 0.15) is 0 Å². The van der Waals surface area contributed by atoms with Crippen molar-refractivity contribution in [2.24, 2.45) is 0 Å². The summed E-state index contributed by atoms with van der Waals surface area (Å²) in [7, 11) is 0. The molecule has 0 bridgehead atoms. The molecule has 0 radical (unpaired) electrons. The van der Waals surface area contributed by atoms with E-state index in [1.54, 1.807) is 11.8 Å². The van der Waals surface area contributed by atoms with E-state index in [0.29, 0.717) is 13.0 Å². The van der Waals surface area contributed by atoms with Crippen LogP contribution in [0.25, 0.3) is 0 Å². The number of carbonyl (C=O) groups is 1. The van der Waals surface area contributed by atoms with E-state index < -0.39 is 0 Å². The minimum absolute atomic E-state index is 0.0830. The minimum atomic E-state index is 0.0830. The van der Waals surface area contributed by atoms with Crippen LogP contribution >= 0.6 is 27.7 Å². The highest BCUT2D eigenvalue weighted by Crippen LogP contribution is 2.20. The molecule has 2 aromatic carbocycles. The smallest absolute Gasteiger partial charge is 0.224 e. The van der Waals surface area contributed by atoms with Crippen molar-refractivity contribution in [1.82, 2.24) is 5.32 Å². The molecule has 1 amide bonds. The Morgan fingerprint density at radius 2 is 1.82 bits per heavy atom. The van der Waals surface area contributed by atoms with Crippen molar-refractivity contribution >= 4 is 33.6 Å². The largest absolute Gasteiger partial charge is 0.355 e. The maximum atomic E-state index is 11.9. The van der Waals surface area contributed by atoms with Gasteiger partial charge in [-0.15, -0.1) is 11.8 Å². The van der Waals surface area contributed by atoms with E-state index in [2.05, 4.69) is 59.4 Å². The number of carbonyl (C=O) groups excluding carboxylic acids is 1. The summed E-state index contributed by atoms with van der Waals surface area (Å²) in [5.41, 5.74) is 3.56. The number of benzene rings is 2. The predicted octanol–water partition coefficient (Wildman–Crippen LogP) is 4.52. The Kier molecular flexibility index (Phi) is 6.52. The second-order valence-corrected chi connectivity index (χ2v) is 7.33. The van der Waals surface area contributed by atoms with Crippen molar-refractivity contribution in [1.29, 1.82) is 0 Å². The van der Waals surface area contributed by atoms with Gasteiger partial charge in [-0.3, -0.25) is 4.79 Å². The average molecular weight is 378 g/mol. The molecule has 2 aromatic rings. The zero-order chi connectivity index (χ0) is 15.9.